The smallest absolute Gasteiger partial charge is 0.263 e. The van der Waals surface area contributed by atoms with Crippen LogP contribution in [0.25, 0.3) is 0 Å². The zero-order valence-corrected chi connectivity index (χ0v) is 17.0. The van der Waals surface area contributed by atoms with Crippen molar-refractivity contribution in [3.63, 3.8) is 0 Å². The molecule has 1 aliphatic heterocycles. The van der Waals surface area contributed by atoms with Gasteiger partial charge in [-0.25, -0.2) is 4.98 Å². The van der Waals surface area contributed by atoms with Crippen molar-refractivity contribution in [3.8, 4) is 0 Å². The molecule has 1 fully saturated rings. The number of imidazole rings is 1. The highest BCUT2D eigenvalue weighted by Gasteiger charge is 2.18. The number of hydrogen-bond acceptors (Lipinski definition) is 4. The predicted molar refractivity (Wildman–Crippen MR) is 110 cm³/mol. The van der Waals surface area contributed by atoms with Gasteiger partial charge in [0.05, 0.1) is 6.33 Å². The summed E-state index contributed by atoms with van der Waals surface area (Å²) in [5.74, 6) is 0.128. The molecule has 0 radical (unpaired) electrons. The fourth-order valence-electron chi connectivity index (χ4n) is 3.26. The van der Waals surface area contributed by atoms with Gasteiger partial charge in [-0.05, 0) is 50.4 Å². The molecule has 0 aromatic carbocycles. The number of H-pyrrole nitrogens is 1. The van der Waals surface area contributed by atoms with Crippen LogP contribution in [0.5, 0.6) is 0 Å². The molecule has 2 aromatic rings. The Morgan fingerprint density at radius 2 is 2.22 bits per heavy atom. The van der Waals surface area contributed by atoms with Gasteiger partial charge in [-0.15, -0.1) is 24.8 Å². The van der Waals surface area contributed by atoms with Crippen LogP contribution in [0.15, 0.2) is 29.6 Å². The number of hydrogen-bond donors (Lipinski definition) is 3. The van der Waals surface area contributed by atoms with Crippen LogP contribution in [0.1, 0.15) is 34.5 Å². The Labute approximate surface area is 171 Å². The quantitative estimate of drug-likeness (QED) is 0.669. The normalized spacial score (nSPS) is 16.1. The standard InChI is InChI=1S/C18H25N5O2.2ClH/c1-13-5-8-23(11-14-3-2-6-19-9-14)18(25)16(13)17(24)21-7-4-15-10-20-12-22-15;;/h5,8,10,12,14,19H,2-4,6-7,9,11H2,1H3,(H,20,22)(H,21,24);2*1H. The highest BCUT2D eigenvalue weighted by Crippen LogP contribution is 2.12. The third-order valence-electron chi connectivity index (χ3n) is 4.69. The summed E-state index contributed by atoms with van der Waals surface area (Å²) in [7, 11) is 0. The first kappa shape index (κ1) is 23.2. The van der Waals surface area contributed by atoms with E-state index < -0.39 is 0 Å². The van der Waals surface area contributed by atoms with Crippen LogP contribution >= 0.6 is 24.8 Å². The van der Waals surface area contributed by atoms with Gasteiger partial charge in [-0.1, -0.05) is 0 Å². The van der Waals surface area contributed by atoms with Crippen LogP contribution in [-0.2, 0) is 13.0 Å². The molecule has 2 aromatic heterocycles. The van der Waals surface area contributed by atoms with E-state index in [0.717, 1.165) is 31.6 Å². The Kier molecular flexibility index (Phi) is 9.55. The lowest BCUT2D eigenvalue weighted by Crippen LogP contribution is -2.38. The van der Waals surface area contributed by atoms with Crippen molar-refractivity contribution in [3.05, 3.63) is 52.0 Å². The zero-order valence-electron chi connectivity index (χ0n) is 15.4. The number of nitrogens with zero attached hydrogens (tertiary/aromatic N) is 2. The molecule has 0 aliphatic carbocycles. The molecule has 3 N–H and O–H groups in total. The number of carbonyl (C=O) groups excluding carboxylic acids is 1. The average molecular weight is 416 g/mol. The van der Waals surface area contributed by atoms with E-state index in [1.165, 1.54) is 0 Å². The van der Waals surface area contributed by atoms with Gasteiger partial charge < -0.3 is 20.2 Å². The maximum absolute atomic E-state index is 12.8. The number of aryl methyl sites for hydroxylation is 1. The van der Waals surface area contributed by atoms with Crippen LogP contribution in [-0.4, -0.2) is 40.1 Å². The fourth-order valence-corrected chi connectivity index (χ4v) is 3.26. The summed E-state index contributed by atoms with van der Waals surface area (Å²) in [5, 5.41) is 6.20. The monoisotopic (exact) mass is 415 g/mol. The molecule has 3 rings (SSSR count). The molecule has 1 unspecified atom stereocenters. The van der Waals surface area contributed by atoms with Gasteiger partial charge in [0.15, 0.2) is 0 Å². The number of nitrogens with one attached hydrogen (secondary N) is 3. The van der Waals surface area contributed by atoms with Crippen molar-refractivity contribution in [2.45, 2.75) is 32.7 Å². The van der Waals surface area contributed by atoms with Crippen molar-refractivity contribution in [1.29, 1.82) is 0 Å². The first-order chi connectivity index (χ1) is 12.1. The van der Waals surface area contributed by atoms with E-state index >= 15 is 0 Å². The van der Waals surface area contributed by atoms with Gasteiger partial charge >= 0.3 is 0 Å². The summed E-state index contributed by atoms with van der Waals surface area (Å²) in [5.41, 5.74) is 1.70. The van der Waals surface area contributed by atoms with E-state index in [0.29, 0.717) is 31.0 Å². The first-order valence-corrected chi connectivity index (χ1v) is 8.81. The maximum atomic E-state index is 12.8. The highest BCUT2D eigenvalue weighted by molar-refractivity contribution is 5.95. The molecule has 0 saturated carbocycles. The van der Waals surface area contributed by atoms with E-state index in [9.17, 15) is 9.59 Å². The lowest BCUT2D eigenvalue weighted by Gasteiger charge is -2.23. The summed E-state index contributed by atoms with van der Waals surface area (Å²) in [6.45, 7) is 4.88. The first-order valence-electron chi connectivity index (χ1n) is 8.81. The molecule has 0 bridgehead atoms. The second-order valence-electron chi connectivity index (χ2n) is 6.63. The summed E-state index contributed by atoms with van der Waals surface area (Å²) in [6.07, 6.45) is 8.03. The molecular formula is C18H27Cl2N5O2. The SMILES string of the molecule is Cc1ccn(CC2CCCNC2)c(=O)c1C(=O)NCCc1cnc[nH]1.Cl.Cl. The molecule has 1 amide bonds. The van der Waals surface area contributed by atoms with Crippen molar-refractivity contribution in [2.75, 3.05) is 19.6 Å². The van der Waals surface area contributed by atoms with Crippen LogP contribution in [0.3, 0.4) is 0 Å². The lowest BCUT2D eigenvalue weighted by molar-refractivity contribution is 0.0951. The molecule has 1 atom stereocenters. The topological polar surface area (TPSA) is 91.8 Å². The minimum atomic E-state index is -0.307. The van der Waals surface area contributed by atoms with Crippen molar-refractivity contribution >= 4 is 30.7 Å². The third-order valence-corrected chi connectivity index (χ3v) is 4.69. The minimum absolute atomic E-state index is 0. The Hall–Kier alpha value is -1.83. The van der Waals surface area contributed by atoms with Crippen LogP contribution < -0.4 is 16.2 Å². The van der Waals surface area contributed by atoms with Crippen LogP contribution in [0.2, 0.25) is 0 Å². The predicted octanol–water partition coefficient (Wildman–Crippen LogP) is 1.70. The van der Waals surface area contributed by atoms with Crippen LogP contribution in [0, 0.1) is 12.8 Å². The zero-order chi connectivity index (χ0) is 17.6. The van der Waals surface area contributed by atoms with Crippen molar-refractivity contribution in [1.82, 2.24) is 25.2 Å². The molecular weight excluding hydrogens is 389 g/mol. The molecule has 1 aliphatic rings. The van der Waals surface area contributed by atoms with Crippen molar-refractivity contribution < 1.29 is 4.79 Å². The molecule has 27 heavy (non-hydrogen) atoms. The van der Waals surface area contributed by atoms with Crippen molar-refractivity contribution in [2.24, 2.45) is 5.92 Å². The van der Waals surface area contributed by atoms with Gasteiger partial charge in [-0.2, -0.15) is 0 Å². The molecule has 7 nitrogen and oxygen atoms in total. The summed E-state index contributed by atoms with van der Waals surface area (Å²) >= 11 is 0. The number of carbonyl (C=O) groups is 1. The Morgan fingerprint density at radius 1 is 1.41 bits per heavy atom. The van der Waals surface area contributed by atoms with Gasteiger partial charge in [0.2, 0.25) is 0 Å². The van der Waals surface area contributed by atoms with Crippen LogP contribution in [0.4, 0.5) is 0 Å². The number of aromatic amines is 1. The second kappa shape index (κ2) is 11.1. The minimum Gasteiger partial charge on any atom is -0.351 e. The van der Waals surface area contributed by atoms with E-state index in [1.54, 1.807) is 30.2 Å². The molecule has 1 saturated heterocycles. The van der Waals surface area contributed by atoms with Gasteiger partial charge in [-0.3, -0.25) is 9.59 Å². The molecule has 0 spiro atoms. The summed E-state index contributed by atoms with van der Waals surface area (Å²) in [4.78, 5) is 32.2. The Balaban J connectivity index is 0.00000182. The number of amides is 1. The average Bonchev–Trinajstić information content (AvgIpc) is 3.12. The van der Waals surface area contributed by atoms with E-state index in [1.807, 2.05) is 6.07 Å². The van der Waals surface area contributed by atoms with Gasteiger partial charge in [0.25, 0.3) is 11.5 Å². The third kappa shape index (κ3) is 6.09. The highest BCUT2D eigenvalue weighted by atomic mass is 35.5. The molecule has 150 valence electrons. The number of pyridine rings is 1. The van der Waals surface area contributed by atoms with Gasteiger partial charge in [0, 0.05) is 37.6 Å². The van der Waals surface area contributed by atoms with E-state index in [4.69, 9.17) is 0 Å². The molecule has 9 heteroatoms. The van der Waals surface area contributed by atoms with E-state index in [-0.39, 0.29) is 41.8 Å². The summed E-state index contributed by atoms with van der Waals surface area (Å²) in [6, 6.07) is 1.85. The summed E-state index contributed by atoms with van der Waals surface area (Å²) < 4.78 is 1.68. The van der Waals surface area contributed by atoms with Gasteiger partial charge in [0.1, 0.15) is 5.56 Å². The lowest BCUT2D eigenvalue weighted by atomic mass is 9.99. The fraction of sp³-hybridized carbons (Fsp3) is 0.500. The number of piperidine rings is 1. The Bertz CT molecular complexity index is 771. The molecule has 3 heterocycles. The Morgan fingerprint density at radius 3 is 2.89 bits per heavy atom. The number of aromatic nitrogens is 3. The largest absolute Gasteiger partial charge is 0.351 e. The number of rotatable bonds is 6. The number of halogens is 2. The maximum Gasteiger partial charge on any atom is 0.263 e. The second-order valence-corrected chi connectivity index (χ2v) is 6.63. The van der Waals surface area contributed by atoms with E-state index in [2.05, 4.69) is 20.6 Å².